The van der Waals surface area contributed by atoms with E-state index in [0.717, 1.165) is 5.56 Å². The first kappa shape index (κ1) is 15.1. The molecule has 8 nitrogen and oxygen atoms in total. The second-order valence-electron chi connectivity index (χ2n) is 4.21. The Morgan fingerprint density at radius 1 is 1.27 bits per heavy atom. The molecular formula is C14H13N5O3. The van der Waals surface area contributed by atoms with Crippen LogP contribution in [0.2, 0.25) is 0 Å². The van der Waals surface area contributed by atoms with Gasteiger partial charge >= 0.3 is 5.69 Å². The molecule has 2 rings (SSSR count). The van der Waals surface area contributed by atoms with Crippen LogP contribution in [0.3, 0.4) is 0 Å². The van der Waals surface area contributed by atoms with Gasteiger partial charge in [-0.05, 0) is 11.6 Å². The maximum Gasteiger partial charge on any atom is 0.342 e. The number of allylic oxidation sites excluding steroid dienone is 1. The van der Waals surface area contributed by atoms with Crippen molar-refractivity contribution in [3.05, 3.63) is 68.5 Å². The molecule has 0 saturated heterocycles. The second kappa shape index (κ2) is 7.48. The van der Waals surface area contributed by atoms with Crippen LogP contribution in [-0.2, 0) is 11.2 Å². The SMILES string of the molecule is O=C(Cc1n[nH]c(=O)[nH]c1=O)N/N=C\C=C\c1ccccc1. The molecule has 3 N–H and O–H groups in total. The molecule has 22 heavy (non-hydrogen) atoms. The number of rotatable bonds is 5. The Kier molecular flexibility index (Phi) is 5.14. The van der Waals surface area contributed by atoms with Gasteiger partial charge in [-0.25, -0.2) is 15.3 Å². The van der Waals surface area contributed by atoms with E-state index in [-0.39, 0.29) is 12.1 Å². The summed E-state index contributed by atoms with van der Waals surface area (Å²) in [7, 11) is 0. The topological polar surface area (TPSA) is 120 Å². The monoisotopic (exact) mass is 299 g/mol. The number of carbonyl (C=O) groups excluding carboxylic acids is 1. The van der Waals surface area contributed by atoms with Crippen molar-refractivity contribution in [1.82, 2.24) is 20.6 Å². The highest BCUT2D eigenvalue weighted by molar-refractivity contribution is 5.82. The average Bonchev–Trinajstić information content (AvgIpc) is 2.51. The fourth-order valence-corrected chi connectivity index (χ4v) is 1.55. The van der Waals surface area contributed by atoms with E-state index in [4.69, 9.17) is 0 Å². The van der Waals surface area contributed by atoms with Crippen molar-refractivity contribution in [1.29, 1.82) is 0 Å². The summed E-state index contributed by atoms with van der Waals surface area (Å²) in [6.07, 6.45) is 4.62. The Bertz CT molecular complexity index is 805. The Hall–Kier alpha value is -3.29. The Morgan fingerprint density at radius 3 is 2.77 bits per heavy atom. The summed E-state index contributed by atoms with van der Waals surface area (Å²) in [4.78, 5) is 35.7. The summed E-state index contributed by atoms with van der Waals surface area (Å²) in [5.74, 6) is -0.519. The summed E-state index contributed by atoms with van der Waals surface area (Å²) in [6.45, 7) is 0. The zero-order valence-electron chi connectivity index (χ0n) is 11.4. The predicted molar refractivity (Wildman–Crippen MR) is 81.3 cm³/mol. The molecule has 0 aliphatic heterocycles. The van der Waals surface area contributed by atoms with E-state index >= 15 is 0 Å². The Labute approximate surface area is 124 Å². The minimum Gasteiger partial charge on any atom is -0.273 e. The number of H-pyrrole nitrogens is 2. The van der Waals surface area contributed by atoms with Gasteiger partial charge in [0.1, 0.15) is 5.69 Å². The molecule has 0 spiro atoms. The number of nitrogens with one attached hydrogen (secondary N) is 3. The van der Waals surface area contributed by atoms with E-state index in [0.29, 0.717) is 0 Å². The first-order chi connectivity index (χ1) is 10.6. The van der Waals surface area contributed by atoms with Gasteiger partial charge in [-0.15, -0.1) is 0 Å². The quantitative estimate of drug-likeness (QED) is 0.523. The van der Waals surface area contributed by atoms with Crippen LogP contribution in [0.4, 0.5) is 0 Å². The van der Waals surface area contributed by atoms with Gasteiger partial charge in [0.2, 0.25) is 5.91 Å². The van der Waals surface area contributed by atoms with E-state index in [1.165, 1.54) is 6.21 Å². The lowest BCUT2D eigenvalue weighted by atomic mass is 10.2. The van der Waals surface area contributed by atoms with E-state index in [9.17, 15) is 14.4 Å². The van der Waals surface area contributed by atoms with E-state index in [2.05, 4.69) is 15.6 Å². The maximum absolute atomic E-state index is 11.5. The molecular weight excluding hydrogens is 286 g/mol. The van der Waals surface area contributed by atoms with E-state index in [1.807, 2.05) is 46.5 Å². The molecule has 0 fully saturated rings. The van der Waals surface area contributed by atoms with Crippen molar-refractivity contribution < 1.29 is 4.79 Å². The third kappa shape index (κ3) is 4.67. The first-order valence-corrected chi connectivity index (χ1v) is 6.36. The van der Waals surface area contributed by atoms with Crippen molar-refractivity contribution in [2.24, 2.45) is 5.10 Å². The number of hydrogen-bond acceptors (Lipinski definition) is 5. The average molecular weight is 299 g/mol. The molecule has 2 aromatic rings. The van der Waals surface area contributed by atoms with Crippen LogP contribution >= 0.6 is 0 Å². The van der Waals surface area contributed by atoms with Crippen molar-refractivity contribution in [3.63, 3.8) is 0 Å². The summed E-state index contributed by atoms with van der Waals surface area (Å²) in [6, 6.07) is 9.59. The molecule has 0 bridgehead atoms. The molecule has 0 saturated carbocycles. The second-order valence-corrected chi connectivity index (χ2v) is 4.21. The van der Waals surface area contributed by atoms with Crippen molar-refractivity contribution in [2.45, 2.75) is 6.42 Å². The lowest BCUT2D eigenvalue weighted by Crippen LogP contribution is -2.31. The molecule has 1 amide bonds. The summed E-state index contributed by atoms with van der Waals surface area (Å²) in [5, 5.41) is 9.25. The summed E-state index contributed by atoms with van der Waals surface area (Å²) < 4.78 is 0. The smallest absolute Gasteiger partial charge is 0.273 e. The highest BCUT2D eigenvalue weighted by atomic mass is 16.2. The highest BCUT2D eigenvalue weighted by Crippen LogP contribution is 1.99. The Morgan fingerprint density at radius 2 is 2.05 bits per heavy atom. The van der Waals surface area contributed by atoms with Crippen LogP contribution in [-0.4, -0.2) is 27.3 Å². The minimum absolute atomic E-state index is 0.0906. The molecule has 0 aliphatic rings. The fourth-order valence-electron chi connectivity index (χ4n) is 1.55. The third-order valence-corrected chi connectivity index (χ3v) is 2.55. The number of nitrogens with zero attached hydrogens (tertiary/aromatic N) is 2. The van der Waals surface area contributed by atoms with Crippen molar-refractivity contribution >= 4 is 18.2 Å². The van der Waals surface area contributed by atoms with Gasteiger partial charge in [0, 0.05) is 6.21 Å². The molecule has 1 heterocycles. The van der Waals surface area contributed by atoms with Gasteiger partial charge in [-0.1, -0.05) is 36.4 Å². The molecule has 0 atom stereocenters. The fraction of sp³-hybridized carbons (Fsp3) is 0.0714. The van der Waals surface area contributed by atoms with Crippen molar-refractivity contribution in [2.75, 3.05) is 0 Å². The molecule has 0 aliphatic carbocycles. The van der Waals surface area contributed by atoms with Gasteiger partial charge in [0.25, 0.3) is 5.56 Å². The maximum atomic E-state index is 11.5. The lowest BCUT2D eigenvalue weighted by Gasteiger charge is -1.97. The molecule has 1 aromatic heterocycles. The predicted octanol–water partition coefficient (Wildman–Crippen LogP) is -0.184. The normalized spacial score (nSPS) is 11.1. The van der Waals surface area contributed by atoms with E-state index in [1.54, 1.807) is 6.08 Å². The van der Waals surface area contributed by atoms with Crippen LogP contribution in [0.5, 0.6) is 0 Å². The first-order valence-electron chi connectivity index (χ1n) is 6.36. The molecule has 0 radical (unpaired) electrons. The molecule has 1 aromatic carbocycles. The molecule has 0 unspecified atom stereocenters. The van der Waals surface area contributed by atoms with Crippen LogP contribution < -0.4 is 16.7 Å². The van der Waals surface area contributed by atoms with Crippen LogP contribution in [0.1, 0.15) is 11.3 Å². The molecule has 112 valence electrons. The van der Waals surface area contributed by atoms with Crippen LogP contribution in [0, 0.1) is 0 Å². The largest absolute Gasteiger partial charge is 0.342 e. The zero-order valence-corrected chi connectivity index (χ0v) is 11.4. The number of carbonyl (C=O) groups is 1. The number of amides is 1. The van der Waals surface area contributed by atoms with Gasteiger partial charge in [0.05, 0.1) is 6.42 Å². The summed E-state index contributed by atoms with van der Waals surface area (Å²) in [5.41, 5.74) is 1.74. The summed E-state index contributed by atoms with van der Waals surface area (Å²) >= 11 is 0. The number of hydrogen-bond donors (Lipinski definition) is 3. The number of hydrazone groups is 1. The standard InChI is InChI=1S/C14H13N5O3/c20-12(9-11-13(21)16-14(22)19-17-11)18-15-8-4-7-10-5-2-1-3-6-10/h1-8H,9H2,(H,18,20)(H2,16,19,21,22)/b7-4+,15-8-. The zero-order chi connectivity index (χ0) is 15.8. The minimum atomic E-state index is -0.724. The highest BCUT2D eigenvalue weighted by Gasteiger charge is 2.08. The number of benzene rings is 1. The van der Waals surface area contributed by atoms with Crippen molar-refractivity contribution in [3.8, 4) is 0 Å². The van der Waals surface area contributed by atoms with Gasteiger partial charge in [-0.3, -0.25) is 14.6 Å². The molecule has 8 heteroatoms. The lowest BCUT2D eigenvalue weighted by molar-refractivity contribution is -0.120. The van der Waals surface area contributed by atoms with Crippen LogP contribution in [0.25, 0.3) is 6.08 Å². The Balaban J connectivity index is 1.85. The van der Waals surface area contributed by atoms with Crippen LogP contribution in [0.15, 0.2) is 51.1 Å². The van der Waals surface area contributed by atoms with Gasteiger partial charge in [-0.2, -0.15) is 10.2 Å². The van der Waals surface area contributed by atoms with Gasteiger partial charge in [0.15, 0.2) is 0 Å². The number of aromatic amines is 2. The van der Waals surface area contributed by atoms with Gasteiger partial charge < -0.3 is 0 Å². The number of aromatic nitrogens is 3. The van der Waals surface area contributed by atoms with E-state index < -0.39 is 17.2 Å². The third-order valence-electron chi connectivity index (χ3n) is 2.55.